The first-order chi connectivity index (χ1) is 4.33. The monoisotopic (exact) mass is 123 g/mol. The minimum Gasteiger partial charge on any atom is -0.851 e. The van der Waals surface area contributed by atoms with Crippen LogP contribution in [0.3, 0.4) is 0 Å². The second-order valence-electron chi connectivity index (χ2n) is 1.81. The van der Waals surface area contributed by atoms with Crippen LogP contribution >= 0.6 is 0 Å². The van der Waals surface area contributed by atoms with Crippen molar-refractivity contribution in [1.29, 1.82) is 0 Å². The molecule has 0 heterocycles. The second-order valence-corrected chi connectivity index (χ2v) is 1.81. The van der Waals surface area contributed by atoms with Gasteiger partial charge in [0.05, 0.1) is 0 Å². The SMILES string of the molecule is [O-]Cc1cccc(O)c1. The minimum atomic E-state index is -0.269. The summed E-state index contributed by atoms with van der Waals surface area (Å²) in [5.41, 5.74) is 0.620. The first-order valence-electron chi connectivity index (χ1n) is 2.69. The molecule has 0 saturated carbocycles. The zero-order chi connectivity index (χ0) is 6.69. The van der Waals surface area contributed by atoms with E-state index in [0.717, 1.165) is 0 Å². The largest absolute Gasteiger partial charge is 0.851 e. The van der Waals surface area contributed by atoms with Gasteiger partial charge in [-0.15, -0.1) is 6.61 Å². The fraction of sp³-hybridized carbons (Fsp3) is 0.143. The van der Waals surface area contributed by atoms with Crippen LogP contribution in [-0.2, 0) is 6.61 Å². The zero-order valence-electron chi connectivity index (χ0n) is 4.87. The molecular weight excluding hydrogens is 116 g/mol. The molecule has 1 N–H and O–H groups in total. The summed E-state index contributed by atoms with van der Waals surface area (Å²) in [5.74, 6) is 0.156. The lowest BCUT2D eigenvalue weighted by molar-refractivity contribution is -0.386. The highest BCUT2D eigenvalue weighted by atomic mass is 16.3. The van der Waals surface area contributed by atoms with E-state index in [-0.39, 0.29) is 12.4 Å². The Labute approximate surface area is 53.4 Å². The first kappa shape index (κ1) is 6.11. The molecule has 0 saturated heterocycles. The summed E-state index contributed by atoms with van der Waals surface area (Å²) in [6.07, 6.45) is 0. The third-order valence-corrected chi connectivity index (χ3v) is 1.08. The summed E-state index contributed by atoms with van der Waals surface area (Å²) in [5, 5.41) is 19.0. The van der Waals surface area contributed by atoms with Gasteiger partial charge in [0, 0.05) is 0 Å². The predicted molar refractivity (Wildman–Crippen MR) is 31.8 cm³/mol. The van der Waals surface area contributed by atoms with Gasteiger partial charge in [-0.3, -0.25) is 0 Å². The summed E-state index contributed by atoms with van der Waals surface area (Å²) in [4.78, 5) is 0. The normalized spacial score (nSPS) is 9.44. The van der Waals surface area contributed by atoms with Crippen LogP contribution in [0.4, 0.5) is 0 Å². The maximum absolute atomic E-state index is 10.2. The molecule has 0 aliphatic carbocycles. The van der Waals surface area contributed by atoms with Crippen molar-refractivity contribution < 1.29 is 10.2 Å². The molecule has 0 unspecified atom stereocenters. The molecule has 1 aromatic carbocycles. The van der Waals surface area contributed by atoms with Gasteiger partial charge in [-0.05, 0) is 12.1 Å². The molecule has 48 valence electrons. The van der Waals surface area contributed by atoms with E-state index in [0.29, 0.717) is 5.56 Å². The van der Waals surface area contributed by atoms with Gasteiger partial charge in [-0.2, -0.15) is 0 Å². The zero-order valence-corrected chi connectivity index (χ0v) is 4.87. The number of phenols is 1. The molecule has 1 aromatic rings. The van der Waals surface area contributed by atoms with Crippen LogP contribution in [0.1, 0.15) is 5.56 Å². The fourth-order valence-electron chi connectivity index (χ4n) is 0.646. The smallest absolute Gasteiger partial charge is 0.115 e. The van der Waals surface area contributed by atoms with Gasteiger partial charge in [0.25, 0.3) is 0 Å². The Bertz CT molecular complexity index is 196. The molecule has 2 heteroatoms. The van der Waals surface area contributed by atoms with Crippen LogP contribution in [0.15, 0.2) is 24.3 Å². The molecule has 0 aliphatic rings. The van der Waals surface area contributed by atoms with Crippen molar-refractivity contribution in [3.05, 3.63) is 29.8 Å². The van der Waals surface area contributed by atoms with Crippen molar-refractivity contribution in [2.45, 2.75) is 6.61 Å². The Balaban J connectivity index is 2.94. The van der Waals surface area contributed by atoms with Gasteiger partial charge in [-0.1, -0.05) is 17.7 Å². The van der Waals surface area contributed by atoms with E-state index in [2.05, 4.69) is 0 Å². The Morgan fingerprint density at radius 3 is 2.67 bits per heavy atom. The molecule has 0 aromatic heterocycles. The molecule has 9 heavy (non-hydrogen) atoms. The van der Waals surface area contributed by atoms with E-state index in [4.69, 9.17) is 5.11 Å². The summed E-state index contributed by atoms with van der Waals surface area (Å²) >= 11 is 0. The fourth-order valence-corrected chi connectivity index (χ4v) is 0.646. The van der Waals surface area contributed by atoms with Crippen LogP contribution in [-0.4, -0.2) is 5.11 Å². The molecular formula is C7H7O2-. The Morgan fingerprint density at radius 2 is 2.22 bits per heavy atom. The van der Waals surface area contributed by atoms with Crippen molar-refractivity contribution in [1.82, 2.24) is 0 Å². The van der Waals surface area contributed by atoms with Crippen molar-refractivity contribution >= 4 is 0 Å². The number of benzene rings is 1. The van der Waals surface area contributed by atoms with E-state index in [1.165, 1.54) is 6.07 Å². The molecule has 0 bridgehead atoms. The van der Waals surface area contributed by atoms with Crippen LogP contribution in [0.25, 0.3) is 0 Å². The maximum Gasteiger partial charge on any atom is 0.115 e. The van der Waals surface area contributed by atoms with E-state index < -0.39 is 0 Å². The first-order valence-corrected chi connectivity index (χ1v) is 2.69. The lowest BCUT2D eigenvalue weighted by Gasteiger charge is -2.02. The van der Waals surface area contributed by atoms with Gasteiger partial charge >= 0.3 is 0 Å². The lowest BCUT2D eigenvalue weighted by atomic mass is 10.2. The average Bonchev–Trinajstić information content (AvgIpc) is 1.88. The third kappa shape index (κ3) is 1.44. The molecule has 0 fully saturated rings. The van der Waals surface area contributed by atoms with Gasteiger partial charge in [-0.25, -0.2) is 0 Å². The van der Waals surface area contributed by atoms with Gasteiger partial charge in [0.1, 0.15) is 5.75 Å². The third-order valence-electron chi connectivity index (χ3n) is 1.08. The highest BCUT2D eigenvalue weighted by Gasteiger charge is 1.84. The van der Waals surface area contributed by atoms with E-state index in [9.17, 15) is 5.11 Å². The standard InChI is InChI=1S/C7H7O2/c8-5-6-2-1-3-7(9)4-6/h1-4,9H,5H2/q-1. The molecule has 1 rings (SSSR count). The Kier molecular flexibility index (Phi) is 1.70. The highest BCUT2D eigenvalue weighted by Crippen LogP contribution is 2.09. The highest BCUT2D eigenvalue weighted by molar-refractivity contribution is 5.26. The molecule has 0 spiro atoms. The van der Waals surface area contributed by atoms with Gasteiger partial charge < -0.3 is 10.2 Å². The van der Waals surface area contributed by atoms with Crippen LogP contribution in [0, 0.1) is 0 Å². The number of hydrogen-bond donors (Lipinski definition) is 1. The van der Waals surface area contributed by atoms with Gasteiger partial charge in [0.15, 0.2) is 0 Å². The maximum atomic E-state index is 10.2. The molecule has 0 radical (unpaired) electrons. The average molecular weight is 123 g/mol. The van der Waals surface area contributed by atoms with E-state index >= 15 is 0 Å². The molecule has 2 nitrogen and oxygen atoms in total. The van der Waals surface area contributed by atoms with Crippen molar-refractivity contribution in [3.63, 3.8) is 0 Å². The predicted octanol–water partition coefficient (Wildman–Crippen LogP) is 0.253. The quantitative estimate of drug-likeness (QED) is 0.581. The number of rotatable bonds is 1. The Hall–Kier alpha value is -1.02. The summed E-state index contributed by atoms with van der Waals surface area (Å²) in [6.45, 7) is -0.269. The Morgan fingerprint density at radius 1 is 1.44 bits per heavy atom. The lowest BCUT2D eigenvalue weighted by Crippen LogP contribution is -2.01. The number of aromatic hydroxyl groups is 1. The summed E-state index contributed by atoms with van der Waals surface area (Å²) < 4.78 is 0. The van der Waals surface area contributed by atoms with Crippen LogP contribution in [0.2, 0.25) is 0 Å². The van der Waals surface area contributed by atoms with Crippen molar-refractivity contribution in [3.8, 4) is 5.75 Å². The molecule has 0 atom stereocenters. The van der Waals surface area contributed by atoms with Crippen LogP contribution in [0.5, 0.6) is 5.75 Å². The van der Waals surface area contributed by atoms with E-state index in [1.54, 1.807) is 18.2 Å². The minimum absolute atomic E-state index is 0.156. The summed E-state index contributed by atoms with van der Waals surface area (Å²) in [6, 6.07) is 6.35. The van der Waals surface area contributed by atoms with Crippen LogP contribution < -0.4 is 5.11 Å². The number of phenolic OH excluding ortho intramolecular Hbond substituents is 1. The molecule has 0 amide bonds. The van der Waals surface area contributed by atoms with E-state index in [1.807, 2.05) is 0 Å². The van der Waals surface area contributed by atoms with Crippen molar-refractivity contribution in [2.24, 2.45) is 0 Å². The number of hydrogen-bond acceptors (Lipinski definition) is 2. The molecule has 0 aliphatic heterocycles. The van der Waals surface area contributed by atoms with Crippen molar-refractivity contribution in [2.75, 3.05) is 0 Å². The van der Waals surface area contributed by atoms with Gasteiger partial charge in [0.2, 0.25) is 0 Å². The summed E-state index contributed by atoms with van der Waals surface area (Å²) in [7, 11) is 0. The topological polar surface area (TPSA) is 43.3 Å². The second kappa shape index (κ2) is 2.51.